The first-order chi connectivity index (χ1) is 9.44. The van der Waals surface area contributed by atoms with E-state index in [2.05, 4.69) is 10.8 Å². The lowest BCUT2D eigenvalue weighted by Gasteiger charge is -2.16. The molecule has 2 unspecified atom stereocenters. The number of hydrogen-bond donors (Lipinski definition) is 1. The molecule has 0 aliphatic heterocycles. The first-order valence-electron chi connectivity index (χ1n) is 6.47. The van der Waals surface area contributed by atoms with Crippen molar-refractivity contribution in [3.63, 3.8) is 0 Å². The second kappa shape index (κ2) is 5.73. The molecule has 0 aromatic heterocycles. The summed E-state index contributed by atoms with van der Waals surface area (Å²) >= 11 is 0. The summed E-state index contributed by atoms with van der Waals surface area (Å²) in [7, 11) is -3.70. The van der Waals surface area contributed by atoms with E-state index < -0.39 is 10.0 Å². The van der Waals surface area contributed by atoms with Crippen LogP contribution in [0.5, 0.6) is 0 Å². The van der Waals surface area contributed by atoms with Crippen LogP contribution in [0.3, 0.4) is 0 Å². The first kappa shape index (κ1) is 14.7. The Balaban J connectivity index is 2.25. The number of benzene rings is 1. The summed E-state index contributed by atoms with van der Waals surface area (Å²) in [6, 6.07) is 7.73. The molecule has 1 fully saturated rings. The van der Waals surface area contributed by atoms with E-state index in [1.165, 1.54) is 19.1 Å². The number of nitrogens with zero attached hydrogens (tertiary/aromatic N) is 1. The molecule has 1 saturated carbocycles. The maximum atomic E-state index is 12.3. The third-order valence-electron chi connectivity index (χ3n) is 3.54. The van der Waals surface area contributed by atoms with Gasteiger partial charge in [0.2, 0.25) is 10.0 Å². The molecule has 0 saturated heterocycles. The molecular weight excluding hydrogens is 276 g/mol. The topological polar surface area (TPSA) is 87.0 Å². The fourth-order valence-corrected chi connectivity index (χ4v) is 3.76. The highest BCUT2D eigenvalue weighted by Gasteiger charge is 2.31. The Bertz CT molecular complexity index is 661. The Morgan fingerprint density at radius 1 is 1.40 bits per heavy atom. The minimum absolute atomic E-state index is 0.0637. The van der Waals surface area contributed by atoms with E-state index in [1.807, 2.05) is 0 Å². The van der Waals surface area contributed by atoms with Crippen LogP contribution in [0.1, 0.15) is 36.5 Å². The van der Waals surface area contributed by atoms with E-state index in [9.17, 15) is 13.2 Å². The number of nitrogens with one attached hydrogen (secondary N) is 1. The summed E-state index contributed by atoms with van der Waals surface area (Å²) in [5.74, 6) is -0.460. The van der Waals surface area contributed by atoms with Crippen LogP contribution in [0.15, 0.2) is 29.2 Å². The van der Waals surface area contributed by atoms with Gasteiger partial charge >= 0.3 is 0 Å². The van der Waals surface area contributed by atoms with E-state index in [0.29, 0.717) is 12.0 Å². The fourth-order valence-electron chi connectivity index (χ4n) is 2.41. The summed E-state index contributed by atoms with van der Waals surface area (Å²) in [6.07, 6.45) is 2.24. The molecule has 0 amide bonds. The van der Waals surface area contributed by atoms with Gasteiger partial charge in [0.15, 0.2) is 5.78 Å². The van der Waals surface area contributed by atoms with Crippen molar-refractivity contribution in [3.8, 4) is 6.07 Å². The van der Waals surface area contributed by atoms with Crippen molar-refractivity contribution in [3.05, 3.63) is 29.8 Å². The Hall–Kier alpha value is -1.71. The molecule has 2 rings (SSSR count). The van der Waals surface area contributed by atoms with Crippen LogP contribution < -0.4 is 4.72 Å². The standard InChI is InChI=1S/C14H16N2O3S/c1-10(17)11-4-2-6-13(8-11)20(18,19)16-14-7-3-5-12(14)9-15/h2,4,6,8,12,14,16H,3,5,7H2,1H3. The first-order valence-corrected chi connectivity index (χ1v) is 7.95. The van der Waals surface area contributed by atoms with Crippen molar-refractivity contribution < 1.29 is 13.2 Å². The van der Waals surface area contributed by atoms with Crippen molar-refractivity contribution in [2.24, 2.45) is 5.92 Å². The predicted molar refractivity (Wildman–Crippen MR) is 73.5 cm³/mol. The maximum Gasteiger partial charge on any atom is 0.240 e. The monoisotopic (exact) mass is 292 g/mol. The third-order valence-corrected chi connectivity index (χ3v) is 5.03. The van der Waals surface area contributed by atoms with Gasteiger partial charge in [-0.05, 0) is 31.9 Å². The molecule has 5 nitrogen and oxygen atoms in total. The molecule has 20 heavy (non-hydrogen) atoms. The lowest BCUT2D eigenvalue weighted by Crippen LogP contribution is -2.36. The molecular formula is C14H16N2O3S. The molecule has 0 bridgehead atoms. The number of nitriles is 1. The van der Waals surface area contributed by atoms with Gasteiger partial charge in [0.1, 0.15) is 0 Å². The van der Waals surface area contributed by atoms with Crippen LogP contribution in [-0.4, -0.2) is 20.2 Å². The number of ketones is 1. The molecule has 1 aliphatic carbocycles. The van der Waals surface area contributed by atoms with Crippen LogP contribution in [0.4, 0.5) is 0 Å². The third kappa shape index (κ3) is 3.06. The summed E-state index contributed by atoms with van der Waals surface area (Å²) in [5.41, 5.74) is 0.358. The minimum atomic E-state index is -3.70. The van der Waals surface area contributed by atoms with Crippen molar-refractivity contribution in [1.82, 2.24) is 4.72 Å². The van der Waals surface area contributed by atoms with Crippen LogP contribution in [-0.2, 0) is 10.0 Å². The number of hydrogen-bond acceptors (Lipinski definition) is 4. The lowest BCUT2D eigenvalue weighted by atomic mass is 10.1. The zero-order valence-electron chi connectivity index (χ0n) is 11.2. The van der Waals surface area contributed by atoms with Gasteiger partial charge in [-0.1, -0.05) is 18.6 Å². The minimum Gasteiger partial charge on any atom is -0.295 e. The summed E-state index contributed by atoms with van der Waals surface area (Å²) < 4.78 is 27.2. The van der Waals surface area contributed by atoms with Gasteiger partial charge < -0.3 is 0 Å². The van der Waals surface area contributed by atoms with Gasteiger partial charge in [0.05, 0.1) is 16.9 Å². The second-order valence-corrected chi connectivity index (χ2v) is 6.69. The van der Waals surface area contributed by atoms with E-state index in [1.54, 1.807) is 12.1 Å². The highest BCUT2D eigenvalue weighted by molar-refractivity contribution is 7.89. The molecule has 106 valence electrons. The van der Waals surface area contributed by atoms with Gasteiger partial charge in [0.25, 0.3) is 0 Å². The van der Waals surface area contributed by atoms with E-state index in [-0.39, 0.29) is 22.6 Å². The van der Waals surface area contributed by atoms with Gasteiger partial charge in [-0.15, -0.1) is 0 Å². The Morgan fingerprint density at radius 2 is 2.15 bits per heavy atom. The fraction of sp³-hybridized carbons (Fsp3) is 0.429. The highest BCUT2D eigenvalue weighted by Crippen LogP contribution is 2.26. The molecule has 1 aliphatic rings. The van der Waals surface area contributed by atoms with Crippen LogP contribution in [0.25, 0.3) is 0 Å². The van der Waals surface area contributed by atoms with Crippen molar-refractivity contribution in [1.29, 1.82) is 5.26 Å². The van der Waals surface area contributed by atoms with Crippen LogP contribution in [0, 0.1) is 17.2 Å². The van der Waals surface area contributed by atoms with Crippen molar-refractivity contribution in [2.45, 2.75) is 37.1 Å². The van der Waals surface area contributed by atoms with Crippen LogP contribution in [0.2, 0.25) is 0 Å². The number of carbonyl (C=O) groups is 1. The molecule has 2 atom stereocenters. The smallest absolute Gasteiger partial charge is 0.240 e. The highest BCUT2D eigenvalue weighted by atomic mass is 32.2. The van der Waals surface area contributed by atoms with Gasteiger partial charge in [0, 0.05) is 11.6 Å². The molecule has 1 N–H and O–H groups in total. The summed E-state index contributed by atoms with van der Waals surface area (Å²) in [5, 5.41) is 8.99. The van der Waals surface area contributed by atoms with E-state index in [4.69, 9.17) is 5.26 Å². The van der Waals surface area contributed by atoms with Gasteiger partial charge in [-0.25, -0.2) is 13.1 Å². The molecule has 0 heterocycles. The number of Topliss-reactive ketones (excluding diaryl/α,β-unsaturated/α-hetero) is 1. The second-order valence-electron chi connectivity index (χ2n) is 4.98. The Labute approximate surface area is 118 Å². The Morgan fingerprint density at radius 3 is 2.80 bits per heavy atom. The molecule has 0 radical (unpaired) electrons. The van der Waals surface area contributed by atoms with E-state index >= 15 is 0 Å². The quantitative estimate of drug-likeness (QED) is 0.858. The number of rotatable bonds is 4. The molecule has 1 aromatic carbocycles. The number of sulfonamides is 1. The average molecular weight is 292 g/mol. The van der Waals surface area contributed by atoms with Crippen molar-refractivity contribution in [2.75, 3.05) is 0 Å². The van der Waals surface area contributed by atoms with Gasteiger partial charge in [-0.2, -0.15) is 5.26 Å². The lowest BCUT2D eigenvalue weighted by molar-refractivity contribution is 0.101. The van der Waals surface area contributed by atoms with Crippen LogP contribution >= 0.6 is 0 Å². The zero-order valence-corrected chi connectivity index (χ0v) is 12.0. The molecule has 0 spiro atoms. The Kier molecular flexibility index (Phi) is 4.21. The summed E-state index contributed by atoms with van der Waals surface area (Å²) in [4.78, 5) is 11.4. The molecule has 6 heteroatoms. The zero-order chi connectivity index (χ0) is 14.8. The maximum absolute atomic E-state index is 12.3. The van der Waals surface area contributed by atoms with E-state index in [0.717, 1.165) is 12.8 Å². The molecule has 1 aromatic rings. The number of carbonyl (C=O) groups excluding carboxylic acids is 1. The van der Waals surface area contributed by atoms with Crippen molar-refractivity contribution >= 4 is 15.8 Å². The predicted octanol–water partition coefficient (Wildman–Crippen LogP) is 1.86. The average Bonchev–Trinajstić information content (AvgIpc) is 2.85. The largest absolute Gasteiger partial charge is 0.295 e. The SMILES string of the molecule is CC(=O)c1cccc(S(=O)(=O)NC2CCCC2C#N)c1. The van der Waals surface area contributed by atoms with Gasteiger partial charge in [-0.3, -0.25) is 4.79 Å². The summed E-state index contributed by atoms with van der Waals surface area (Å²) in [6.45, 7) is 1.39. The normalized spacial score (nSPS) is 22.4.